The van der Waals surface area contributed by atoms with Crippen molar-refractivity contribution in [3.63, 3.8) is 0 Å². The Morgan fingerprint density at radius 2 is 1.77 bits per heavy atom. The second-order valence-electron chi connectivity index (χ2n) is 5.75. The summed E-state index contributed by atoms with van der Waals surface area (Å²) in [6, 6.07) is 8.00. The highest BCUT2D eigenvalue weighted by atomic mass is 35.5. The van der Waals surface area contributed by atoms with Gasteiger partial charge in [-0.3, -0.25) is 15.5 Å². The Bertz CT molecular complexity index is 937. The Morgan fingerprint density at radius 3 is 2.26 bits per heavy atom. The second-order valence-corrected chi connectivity index (χ2v) is 6.56. The quantitative estimate of drug-likeness (QED) is 0.418. The lowest BCUT2D eigenvalue weighted by Gasteiger charge is -2.14. The molecule has 0 saturated carbocycles. The molecule has 2 unspecified atom stereocenters. The van der Waals surface area contributed by atoms with Gasteiger partial charge in [0.1, 0.15) is 11.6 Å². The highest BCUT2D eigenvalue weighted by Crippen LogP contribution is 2.30. The van der Waals surface area contributed by atoms with Crippen molar-refractivity contribution in [3.8, 4) is 0 Å². The molecule has 0 aliphatic carbocycles. The largest absolute Gasteiger partial charge is 0.479 e. The zero-order chi connectivity index (χ0) is 22.4. The van der Waals surface area contributed by atoms with Gasteiger partial charge in [-0.2, -0.15) is 0 Å². The lowest BCUT2D eigenvalue weighted by Crippen LogP contribution is -2.21. The molecule has 2 aromatic rings. The standard InChI is InChI=1S/C10H11ClFNO2.C9H5ClFNO3.ClH/c1-2-15-10(13)9(14)8-6(11)4-3-5-7(8)12;10-4-2-1-3-5(11)6(4)7-8(13)12-9(14)15-7;/h3-5,9,13-14H,2H2,1H3;1-3,7H,(H,12,13,14);1H. The van der Waals surface area contributed by atoms with E-state index in [1.807, 2.05) is 5.32 Å². The molecule has 0 spiro atoms. The van der Waals surface area contributed by atoms with Gasteiger partial charge in [0.05, 0.1) is 17.2 Å². The molecule has 168 valence electrons. The minimum absolute atomic E-state index is 0. The van der Waals surface area contributed by atoms with E-state index in [1.54, 1.807) is 6.92 Å². The molecule has 12 heteroatoms. The number of amides is 2. The highest BCUT2D eigenvalue weighted by molar-refractivity contribution is 6.32. The van der Waals surface area contributed by atoms with Crippen molar-refractivity contribution in [1.82, 2.24) is 5.32 Å². The van der Waals surface area contributed by atoms with E-state index in [1.165, 1.54) is 30.3 Å². The summed E-state index contributed by atoms with van der Waals surface area (Å²) in [7, 11) is 0. The zero-order valence-electron chi connectivity index (χ0n) is 15.8. The third-order valence-electron chi connectivity index (χ3n) is 3.77. The van der Waals surface area contributed by atoms with Crippen molar-refractivity contribution < 1.29 is 33.0 Å². The van der Waals surface area contributed by atoms with Crippen molar-refractivity contribution in [2.45, 2.75) is 19.1 Å². The Morgan fingerprint density at radius 1 is 1.19 bits per heavy atom. The molecule has 0 bridgehead atoms. The molecule has 0 radical (unpaired) electrons. The average molecular weight is 498 g/mol. The molecule has 2 aromatic carbocycles. The normalized spacial score (nSPS) is 15.6. The van der Waals surface area contributed by atoms with E-state index < -0.39 is 41.7 Å². The topological polar surface area (TPSA) is 109 Å². The fourth-order valence-corrected chi connectivity index (χ4v) is 2.97. The van der Waals surface area contributed by atoms with Crippen LogP contribution in [0.4, 0.5) is 13.6 Å². The predicted molar refractivity (Wildman–Crippen MR) is 112 cm³/mol. The molecule has 0 aromatic heterocycles. The Hall–Kier alpha value is -2.46. The molecule has 1 fully saturated rings. The monoisotopic (exact) mass is 496 g/mol. The van der Waals surface area contributed by atoms with Crippen LogP contribution in [-0.2, 0) is 14.3 Å². The summed E-state index contributed by atoms with van der Waals surface area (Å²) in [5.41, 5.74) is -0.250. The maximum atomic E-state index is 13.3. The summed E-state index contributed by atoms with van der Waals surface area (Å²) in [5.74, 6) is -2.46. The first kappa shape index (κ1) is 26.6. The number of carbonyl (C=O) groups is 2. The molecule has 3 rings (SSSR count). The van der Waals surface area contributed by atoms with Gasteiger partial charge in [-0.15, -0.1) is 12.4 Å². The first-order chi connectivity index (χ1) is 14.2. The predicted octanol–water partition coefficient (Wildman–Crippen LogP) is 4.73. The van der Waals surface area contributed by atoms with Gasteiger partial charge in [-0.1, -0.05) is 35.3 Å². The second kappa shape index (κ2) is 11.8. The molecule has 7 nitrogen and oxygen atoms in total. The Balaban J connectivity index is 0.000000300. The maximum absolute atomic E-state index is 13.3. The van der Waals surface area contributed by atoms with Gasteiger partial charge in [-0.05, 0) is 31.2 Å². The summed E-state index contributed by atoms with van der Waals surface area (Å²) < 4.78 is 36.0. The first-order valence-electron chi connectivity index (χ1n) is 8.45. The zero-order valence-corrected chi connectivity index (χ0v) is 18.2. The smallest absolute Gasteiger partial charge is 0.415 e. The van der Waals surface area contributed by atoms with Crippen LogP contribution in [0.3, 0.4) is 0 Å². The lowest BCUT2D eigenvalue weighted by molar-refractivity contribution is -0.123. The van der Waals surface area contributed by atoms with Crippen molar-refractivity contribution in [2.75, 3.05) is 6.61 Å². The summed E-state index contributed by atoms with van der Waals surface area (Å²) >= 11 is 11.4. The highest BCUT2D eigenvalue weighted by Gasteiger charge is 2.36. The van der Waals surface area contributed by atoms with Crippen LogP contribution in [-0.4, -0.2) is 29.6 Å². The Kier molecular flexibility index (Phi) is 10.1. The van der Waals surface area contributed by atoms with E-state index in [9.17, 15) is 23.5 Å². The number of carbonyl (C=O) groups excluding carboxylic acids is 2. The number of benzene rings is 2. The van der Waals surface area contributed by atoms with E-state index in [-0.39, 0.29) is 40.2 Å². The van der Waals surface area contributed by atoms with Gasteiger partial charge in [0.2, 0.25) is 12.0 Å². The third-order valence-corrected chi connectivity index (χ3v) is 4.43. The number of halogens is 5. The van der Waals surface area contributed by atoms with Gasteiger partial charge in [0.25, 0.3) is 5.91 Å². The van der Waals surface area contributed by atoms with Crippen LogP contribution < -0.4 is 5.32 Å². The third kappa shape index (κ3) is 6.51. The van der Waals surface area contributed by atoms with Crippen molar-refractivity contribution in [3.05, 3.63) is 69.2 Å². The number of cyclic esters (lactones) is 1. The van der Waals surface area contributed by atoms with Crippen molar-refractivity contribution >= 4 is 53.5 Å². The molecule has 1 saturated heterocycles. The van der Waals surface area contributed by atoms with Crippen molar-refractivity contribution in [2.24, 2.45) is 0 Å². The van der Waals surface area contributed by atoms with Crippen LogP contribution in [0.25, 0.3) is 0 Å². The fourth-order valence-electron chi connectivity index (χ4n) is 2.44. The van der Waals surface area contributed by atoms with Crippen LogP contribution in [0.5, 0.6) is 0 Å². The number of alkyl carbamates (subject to hydrolysis) is 1. The molecule has 2 atom stereocenters. The van der Waals surface area contributed by atoms with Gasteiger partial charge in [-0.25, -0.2) is 13.6 Å². The van der Waals surface area contributed by atoms with Crippen molar-refractivity contribution in [1.29, 1.82) is 5.41 Å². The van der Waals surface area contributed by atoms with Crippen LogP contribution in [0.1, 0.15) is 30.3 Å². The minimum Gasteiger partial charge on any atom is -0.479 e. The number of ether oxygens (including phenoxy) is 2. The SMILES string of the molecule is CCOC(=N)C(O)c1c(F)cccc1Cl.Cl.O=C1NC(=O)C(c2c(F)cccc2Cl)O1. The maximum Gasteiger partial charge on any atom is 0.415 e. The van der Waals surface area contributed by atoms with E-state index in [0.717, 1.165) is 6.07 Å². The van der Waals surface area contributed by atoms with Crippen LogP contribution >= 0.6 is 35.6 Å². The summed E-state index contributed by atoms with van der Waals surface area (Å²) in [6.07, 6.45) is -3.66. The van der Waals surface area contributed by atoms with Gasteiger partial charge < -0.3 is 14.6 Å². The fraction of sp³-hybridized carbons (Fsp3) is 0.211. The van der Waals surface area contributed by atoms with Crippen LogP contribution in [0.15, 0.2) is 36.4 Å². The van der Waals surface area contributed by atoms with Gasteiger partial charge in [0, 0.05) is 10.6 Å². The molecular formula is C19H17Cl3F2N2O5. The Labute approximate surface area is 192 Å². The molecule has 1 heterocycles. The van der Waals surface area contributed by atoms with Gasteiger partial charge in [0.15, 0.2) is 6.10 Å². The average Bonchev–Trinajstić information content (AvgIpc) is 3.00. The van der Waals surface area contributed by atoms with Gasteiger partial charge >= 0.3 is 6.09 Å². The molecule has 3 N–H and O–H groups in total. The van der Waals surface area contributed by atoms with E-state index in [4.69, 9.17) is 33.3 Å². The van der Waals surface area contributed by atoms with Crippen LogP contribution in [0.2, 0.25) is 10.0 Å². The number of aliphatic hydroxyl groups is 1. The minimum atomic E-state index is -1.46. The summed E-state index contributed by atoms with van der Waals surface area (Å²) in [6.45, 7) is 1.91. The summed E-state index contributed by atoms with van der Waals surface area (Å²) in [4.78, 5) is 21.9. The number of hydrogen-bond acceptors (Lipinski definition) is 6. The number of rotatable bonds is 4. The number of aliphatic hydroxyl groups excluding tert-OH is 1. The van der Waals surface area contributed by atoms with E-state index in [0.29, 0.717) is 0 Å². The lowest BCUT2D eigenvalue weighted by atomic mass is 10.1. The molecular weight excluding hydrogens is 481 g/mol. The number of imide groups is 1. The van der Waals surface area contributed by atoms with E-state index >= 15 is 0 Å². The number of hydrogen-bond donors (Lipinski definition) is 3. The first-order valence-corrected chi connectivity index (χ1v) is 9.21. The van der Waals surface area contributed by atoms with Crippen LogP contribution in [0, 0.1) is 17.0 Å². The summed E-state index contributed by atoms with van der Waals surface area (Å²) in [5, 5.41) is 19.0. The molecule has 31 heavy (non-hydrogen) atoms. The molecule has 2 amide bonds. The van der Waals surface area contributed by atoms with E-state index in [2.05, 4.69) is 4.74 Å². The molecule has 1 aliphatic rings. The number of nitrogens with one attached hydrogen (secondary N) is 2. The molecule has 1 aliphatic heterocycles.